The molecule has 0 spiro atoms. The minimum absolute atomic E-state index is 0.0276. The lowest BCUT2D eigenvalue weighted by Crippen LogP contribution is -2.19. The summed E-state index contributed by atoms with van der Waals surface area (Å²) in [7, 11) is 1.80. The van der Waals surface area contributed by atoms with Gasteiger partial charge < -0.3 is 9.57 Å². The van der Waals surface area contributed by atoms with E-state index in [1.807, 2.05) is 6.92 Å². The van der Waals surface area contributed by atoms with E-state index < -0.39 is 11.1 Å². The number of aromatic nitrogens is 2. The third kappa shape index (κ3) is 4.91. The van der Waals surface area contributed by atoms with Crippen molar-refractivity contribution in [1.29, 1.82) is 0 Å². The number of aryl methyl sites for hydroxylation is 2. The number of alkyl halides is 3. The molecule has 0 bridgehead atoms. The normalized spacial score (nSPS) is 17.6. The third-order valence-corrected chi connectivity index (χ3v) is 5.22. The molecular formula is C18H20F3N3O2S. The Bertz CT molecular complexity index is 840. The number of rotatable bonds is 6. The van der Waals surface area contributed by atoms with E-state index >= 15 is 0 Å². The fourth-order valence-electron chi connectivity index (χ4n) is 2.77. The summed E-state index contributed by atoms with van der Waals surface area (Å²) < 4.78 is 45.6. The highest BCUT2D eigenvalue weighted by atomic mass is 32.1. The highest BCUT2D eigenvalue weighted by molar-refractivity contribution is 7.12. The predicted molar refractivity (Wildman–Crippen MR) is 97.1 cm³/mol. The maximum Gasteiger partial charge on any atom is 0.425 e. The largest absolute Gasteiger partial charge is 0.474 e. The first kappa shape index (κ1) is 19.5. The van der Waals surface area contributed by atoms with Gasteiger partial charge in [-0.1, -0.05) is 17.3 Å². The number of hydrogen-bond acceptors (Lipinski definition) is 5. The summed E-state index contributed by atoms with van der Waals surface area (Å²) in [5.74, 6) is 0.607. The highest BCUT2D eigenvalue weighted by Crippen LogP contribution is 2.34. The molecule has 0 radical (unpaired) electrons. The summed E-state index contributed by atoms with van der Waals surface area (Å²) in [6.45, 7) is 1.81. The van der Waals surface area contributed by atoms with Crippen molar-refractivity contribution in [1.82, 2.24) is 9.78 Å². The molecule has 146 valence electrons. The van der Waals surface area contributed by atoms with Gasteiger partial charge in [-0.15, -0.1) is 11.3 Å². The Balaban J connectivity index is 1.63. The second kappa shape index (κ2) is 8.16. The summed E-state index contributed by atoms with van der Waals surface area (Å²) >= 11 is 0.648. The van der Waals surface area contributed by atoms with Gasteiger partial charge in [0.25, 0.3) is 0 Å². The van der Waals surface area contributed by atoms with Crippen molar-refractivity contribution in [3.8, 4) is 5.88 Å². The maximum atomic E-state index is 12.6. The van der Waals surface area contributed by atoms with Crippen molar-refractivity contribution in [2.24, 2.45) is 12.2 Å². The Morgan fingerprint density at radius 2 is 2.19 bits per heavy atom. The van der Waals surface area contributed by atoms with Crippen LogP contribution in [0.15, 0.2) is 29.4 Å². The van der Waals surface area contributed by atoms with Crippen LogP contribution in [0.2, 0.25) is 0 Å². The highest BCUT2D eigenvalue weighted by Gasteiger charge is 2.32. The molecule has 1 aliphatic rings. The summed E-state index contributed by atoms with van der Waals surface area (Å²) in [4.78, 5) is 4.97. The van der Waals surface area contributed by atoms with Crippen LogP contribution in [-0.2, 0) is 24.7 Å². The SMILES string of the molecule is Cc1nn(C)c(OC2CC=CCC2)c1/C=N/OCc1ccc(C(F)(F)F)s1. The minimum atomic E-state index is -4.33. The molecule has 1 aliphatic carbocycles. The van der Waals surface area contributed by atoms with Crippen molar-refractivity contribution in [2.75, 3.05) is 0 Å². The first-order chi connectivity index (χ1) is 12.8. The smallest absolute Gasteiger partial charge is 0.425 e. The average molecular weight is 399 g/mol. The molecule has 1 unspecified atom stereocenters. The van der Waals surface area contributed by atoms with Crippen molar-refractivity contribution in [3.63, 3.8) is 0 Å². The average Bonchev–Trinajstić information content (AvgIpc) is 3.19. The zero-order valence-electron chi connectivity index (χ0n) is 15.0. The van der Waals surface area contributed by atoms with E-state index in [4.69, 9.17) is 9.57 Å². The van der Waals surface area contributed by atoms with Gasteiger partial charge in [0.15, 0.2) is 6.61 Å². The van der Waals surface area contributed by atoms with E-state index in [9.17, 15) is 13.2 Å². The molecule has 3 rings (SSSR count). The zero-order chi connectivity index (χ0) is 19.4. The molecule has 5 nitrogen and oxygen atoms in total. The van der Waals surface area contributed by atoms with Crippen LogP contribution in [0.25, 0.3) is 0 Å². The van der Waals surface area contributed by atoms with Gasteiger partial charge in [0.2, 0.25) is 5.88 Å². The number of hydrogen-bond donors (Lipinski definition) is 0. The number of oxime groups is 1. The molecule has 9 heteroatoms. The van der Waals surface area contributed by atoms with Gasteiger partial charge in [-0.05, 0) is 31.9 Å². The van der Waals surface area contributed by atoms with Gasteiger partial charge in [0.1, 0.15) is 11.0 Å². The minimum Gasteiger partial charge on any atom is -0.474 e. The second-order valence-corrected chi connectivity index (χ2v) is 7.39. The van der Waals surface area contributed by atoms with Crippen LogP contribution >= 0.6 is 11.3 Å². The molecule has 0 amide bonds. The molecule has 27 heavy (non-hydrogen) atoms. The molecular weight excluding hydrogens is 379 g/mol. The van der Waals surface area contributed by atoms with Crippen LogP contribution in [-0.4, -0.2) is 22.1 Å². The molecule has 0 N–H and O–H groups in total. The van der Waals surface area contributed by atoms with Crippen LogP contribution in [0.5, 0.6) is 5.88 Å². The van der Waals surface area contributed by atoms with Crippen molar-refractivity contribution < 1.29 is 22.7 Å². The van der Waals surface area contributed by atoms with Crippen LogP contribution in [0, 0.1) is 6.92 Å². The molecule has 0 aromatic carbocycles. The monoisotopic (exact) mass is 399 g/mol. The van der Waals surface area contributed by atoms with E-state index in [0.717, 1.165) is 31.0 Å². The van der Waals surface area contributed by atoms with Gasteiger partial charge in [-0.2, -0.15) is 18.3 Å². The Labute approximate surface area is 159 Å². The Kier molecular flexibility index (Phi) is 5.88. The van der Waals surface area contributed by atoms with Gasteiger partial charge in [0, 0.05) is 18.3 Å². The Hall–Kier alpha value is -2.29. The van der Waals surface area contributed by atoms with Gasteiger partial charge in [-0.25, -0.2) is 4.68 Å². The fraction of sp³-hybridized carbons (Fsp3) is 0.444. The number of thiophene rings is 1. The van der Waals surface area contributed by atoms with Crippen LogP contribution in [0.3, 0.4) is 0 Å². The standard InChI is InChI=1S/C18H20F3N3O2S/c1-12-15(17(24(2)23-12)26-13-6-4-3-5-7-13)10-22-25-11-14-8-9-16(27-14)18(19,20)21/h3-4,8-10,13H,5-7,11H2,1-2H3/b22-10+. The Morgan fingerprint density at radius 3 is 2.85 bits per heavy atom. The van der Waals surface area contributed by atoms with E-state index in [2.05, 4.69) is 22.4 Å². The molecule has 2 heterocycles. The number of ether oxygens (including phenoxy) is 1. The molecule has 0 saturated heterocycles. The predicted octanol–water partition coefficient (Wildman–Crippen LogP) is 4.85. The molecule has 0 saturated carbocycles. The Morgan fingerprint density at radius 1 is 1.37 bits per heavy atom. The van der Waals surface area contributed by atoms with Gasteiger partial charge in [-0.3, -0.25) is 0 Å². The fourth-order valence-corrected chi connectivity index (χ4v) is 3.55. The van der Waals surface area contributed by atoms with E-state index in [1.165, 1.54) is 12.3 Å². The second-order valence-electron chi connectivity index (χ2n) is 6.22. The quantitative estimate of drug-likeness (QED) is 0.396. The van der Waals surface area contributed by atoms with Crippen LogP contribution in [0.1, 0.15) is 40.3 Å². The lowest BCUT2D eigenvalue weighted by atomic mass is 10.0. The zero-order valence-corrected chi connectivity index (χ0v) is 15.8. The first-order valence-corrected chi connectivity index (χ1v) is 9.32. The molecule has 2 aromatic heterocycles. The molecule has 0 fully saturated rings. The van der Waals surface area contributed by atoms with E-state index in [-0.39, 0.29) is 12.7 Å². The third-order valence-electron chi connectivity index (χ3n) is 4.12. The lowest BCUT2D eigenvalue weighted by Gasteiger charge is -2.20. The van der Waals surface area contributed by atoms with Gasteiger partial charge >= 0.3 is 6.18 Å². The van der Waals surface area contributed by atoms with Crippen molar-refractivity contribution >= 4 is 17.6 Å². The number of nitrogens with zero attached hydrogens (tertiary/aromatic N) is 3. The number of allylic oxidation sites excluding steroid dienone is 1. The number of halogens is 3. The molecule has 1 atom stereocenters. The summed E-state index contributed by atoms with van der Waals surface area (Å²) in [5.41, 5.74) is 1.44. The van der Waals surface area contributed by atoms with Gasteiger partial charge in [0.05, 0.1) is 17.5 Å². The van der Waals surface area contributed by atoms with Crippen molar-refractivity contribution in [3.05, 3.63) is 45.3 Å². The van der Waals surface area contributed by atoms with Crippen LogP contribution < -0.4 is 4.74 Å². The van der Waals surface area contributed by atoms with E-state index in [1.54, 1.807) is 11.7 Å². The topological polar surface area (TPSA) is 48.6 Å². The molecule has 0 aliphatic heterocycles. The first-order valence-electron chi connectivity index (χ1n) is 8.51. The summed E-state index contributed by atoms with van der Waals surface area (Å²) in [6, 6.07) is 2.44. The summed E-state index contributed by atoms with van der Waals surface area (Å²) in [6.07, 6.45) is 4.25. The van der Waals surface area contributed by atoms with E-state index in [0.29, 0.717) is 27.7 Å². The lowest BCUT2D eigenvalue weighted by molar-refractivity contribution is -0.134. The van der Waals surface area contributed by atoms with Crippen molar-refractivity contribution in [2.45, 2.75) is 45.1 Å². The van der Waals surface area contributed by atoms with Crippen LogP contribution in [0.4, 0.5) is 13.2 Å². The summed E-state index contributed by atoms with van der Waals surface area (Å²) in [5, 5.41) is 8.24. The maximum absolute atomic E-state index is 12.6. The molecule has 2 aromatic rings.